The monoisotopic (exact) mass is 403 g/mol. The Bertz CT molecular complexity index is 588. The van der Waals surface area contributed by atoms with E-state index < -0.39 is 0 Å². The molecule has 1 unspecified atom stereocenters. The molecule has 2 amide bonds. The van der Waals surface area contributed by atoms with Gasteiger partial charge >= 0.3 is 0 Å². The average molecular weight is 404 g/mol. The van der Waals surface area contributed by atoms with Crippen molar-refractivity contribution in [2.75, 3.05) is 0 Å². The molecule has 166 valence electrons. The molecule has 0 bridgehead atoms. The maximum absolute atomic E-state index is 12.5. The van der Waals surface area contributed by atoms with Gasteiger partial charge in [0.05, 0.1) is 6.54 Å². The molecular weight excluding hydrogens is 358 g/mol. The molecule has 1 aromatic rings. The van der Waals surface area contributed by atoms with Gasteiger partial charge in [0.2, 0.25) is 11.8 Å². The third kappa shape index (κ3) is 15.4. The summed E-state index contributed by atoms with van der Waals surface area (Å²) in [4.78, 5) is 25.7. The highest BCUT2D eigenvalue weighted by atomic mass is 16.2. The van der Waals surface area contributed by atoms with E-state index in [0.29, 0.717) is 13.0 Å². The Hall–Kier alpha value is -2.16. The first-order valence-electron chi connectivity index (χ1n) is 11.1. The van der Waals surface area contributed by atoms with Crippen LogP contribution < -0.4 is 0 Å². The van der Waals surface area contributed by atoms with E-state index >= 15 is 0 Å². The molecule has 1 rings (SSSR count). The smallest absolute Gasteiger partial charge is 0.230 e. The van der Waals surface area contributed by atoms with Crippen LogP contribution in [0, 0.1) is 12.8 Å². The molecule has 0 saturated carbocycles. The Labute approximate surface area is 180 Å². The average Bonchev–Trinajstić information content (AvgIpc) is 2.74. The van der Waals surface area contributed by atoms with Gasteiger partial charge in [0, 0.05) is 13.3 Å². The standard InChI is InChI=1S/C20H27NO2.3C2H6/c1-5-6-7-8-11-16(2)14-20(23)21(18(4)22)15-19-13-10-9-12-17(19)3;3*1-2/h6-13,16H,5,14-15H2,1-4H3;3*1-2H3/b7-6-,11-8-;;;. The van der Waals surface area contributed by atoms with Gasteiger partial charge in [-0.2, -0.15) is 0 Å². The molecule has 3 nitrogen and oxygen atoms in total. The number of hydrogen-bond donors (Lipinski definition) is 0. The number of rotatable bonds is 7. The zero-order chi connectivity index (χ0) is 23.2. The third-order valence-electron chi connectivity index (χ3n) is 3.69. The van der Waals surface area contributed by atoms with Gasteiger partial charge in [-0.3, -0.25) is 14.5 Å². The number of nitrogens with zero attached hydrogens (tertiary/aromatic N) is 1. The van der Waals surface area contributed by atoms with E-state index in [-0.39, 0.29) is 17.7 Å². The number of amides is 2. The van der Waals surface area contributed by atoms with E-state index in [2.05, 4.69) is 13.0 Å². The summed E-state index contributed by atoms with van der Waals surface area (Å²) in [5.41, 5.74) is 2.09. The molecule has 29 heavy (non-hydrogen) atoms. The van der Waals surface area contributed by atoms with Crippen molar-refractivity contribution in [1.29, 1.82) is 0 Å². The second-order valence-corrected chi connectivity index (χ2v) is 5.83. The summed E-state index contributed by atoms with van der Waals surface area (Å²) < 4.78 is 0. The normalized spacial score (nSPS) is 10.7. The van der Waals surface area contributed by atoms with E-state index in [0.717, 1.165) is 17.5 Å². The van der Waals surface area contributed by atoms with E-state index in [1.807, 2.05) is 97.9 Å². The largest absolute Gasteiger partial charge is 0.278 e. The molecular formula is C26H45NO2. The lowest BCUT2D eigenvalue weighted by atomic mass is 10.0. The second-order valence-electron chi connectivity index (χ2n) is 5.83. The van der Waals surface area contributed by atoms with Crippen LogP contribution in [0.15, 0.2) is 48.6 Å². The van der Waals surface area contributed by atoms with E-state index in [9.17, 15) is 9.59 Å². The van der Waals surface area contributed by atoms with Crippen molar-refractivity contribution in [1.82, 2.24) is 4.90 Å². The lowest BCUT2D eigenvalue weighted by molar-refractivity contribution is -0.144. The number of allylic oxidation sites excluding steroid dienone is 4. The van der Waals surface area contributed by atoms with Gasteiger partial charge in [0.25, 0.3) is 0 Å². The zero-order valence-electron chi connectivity index (χ0n) is 20.6. The van der Waals surface area contributed by atoms with Crippen LogP contribution in [0.5, 0.6) is 0 Å². The first kappa shape index (κ1) is 31.5. The van der Waals surface area contributed by atoms with Crippen LogP contribution in [-0.4, -0.2) is 16.7 Å². The summed E-state index contributed by atoms with van der Waals surface area (Å²) in [6.45, 7) is 19.8. The fourth-order valence-corrected chi connectivity index (χ4v) is 2.26. The number of aryl methyl sites for hydroxylation is 1. The van der Waals surface area contributed by atoms with Crippen LogP contribution >= 0.6 is 0 Å². The third-order valence-corrected chi connectivity index (χ3v) is 3.69. The lowest BCUT2D eigenvalue weighted by Gasteiger charge is -2.21. The number of hydrogen-bond acceptors (Lipinski definition) is 2. The molecule has 0 aliphatic rings. The topological polar surface area (TPSA) is 37.4 Å². The highest BCUT2D eigenvalue weighted by Gasteiger charge is 2.20. The fraction of sp³-hybridized carbons (Fsp3) is 0.538. The van der Waals surface area contributed by atoms with Crippen LogP contribution in [0.4, 0.5) is 0 Å². The fourth-order valence-electron chi connectivity index (χ4n) is 2.26. The first-order valence-corrected chi connectivity index (χ1v) is 11.1. The molecule has 1 aromatic carbocycles. The quantitative estimate of drug-likeness (QED) is 0.442. The molecule has 3 heteroatoms. The first-order chi connectivity index (χ1) is 14.0. The van der Waals surface area contributed by atoms with Crippen LogP contribution in [0.1, 0.15) is 86.3 Å². The number of benzene rings is 1. The van der Waals surface area contributed by atoms with Crippen molar-refractivity contribution in [3.05, 3.63) is 59.7 Å². The number of carbonyl (C=O) groups is 2. The predicted molar refractivity (Wildman–Crippen MR) is 129 cm³/mol. The zero-order valence-corrected chi connectivity index (χ0v) is 20.6. The minimum Gasteiger partial charge on any atom is -0.278 e. The van der Waals surface area contributed by atoms with Gasteiger partial charge in [-0.1, -0.05) is 104 Å². The molecule has 0 spiro atoms. The molecule has 1 atom stereocenters. The molecule has 0 radical (unpaired) electrons. The molecule has 0 N–H and O–H groups in total. The maximum Gasteiger partial charge on any atom is 0.230 e. The minimum absolute atomic E-state index is 0.0997. The summed E-state index contributed by atoms with van der Waals surface area (Å²) in [7, 11) is 0. The van der Waals surface area contributed by atoms with Crippen molar-refractivity contribution in [3.63, 3.8) is 0 Å². The molecule has 0 aliphatic heterocycles. The van der Waals surface area contributed by atoms with E-state index in [1.54, 1.807) is 0 Å². The Morgan fingerprint density at radius 1 is 1.00 bits per heavy atom. The number of carbonyl (C=O) groups excluding carboxylic acids is 2. The Balaban J connectivity index is -0.00000103. The van der Waals surface area contributed by atoms with E-state index in [4.69, 9.17) is 0 Å². The Morgan fingerprint density at radius 3 is 2.03 bits per heavy atom. The van der Waals surface area contributed by atoms with Crippen LogP contribution in [0.3, 0.4) is 0 Å². The highest BCUT2D eigenvalue weighted by Crippen LogP contribution is 2.14. The molecule has 0 aromatic heterocycles. The van der Waals surface area contributed by atoms with Gasteiger partial charge < -0.3 is 0 Å². The molecule has 0 fully saturated rings. The summed E-state index contributed by atoms with van der Waals surface area (Å²) in [5, 5.41) is 0. The predicted octanol–water partition coefficient (Wildman–Crippen LogP) is 7.50. The van der Waals surface area contributed by atoms with Crippen molar-refractivity contribution >= 4 is 11.8 Å². The molecule has 0 saturated heterocycles. The van der Waals surface area contributed by atoms with Crippen molar-refractivity contribution < 1.29 is 9.59 Å². The number of imide groups is 1. The van der Waals surface area contributed by atoms with Gasteiger partial charge in [0.1, 0.15) is 0 Å². The summed E-state index contributed by atoms with van der Waals surface area (Å²) in [6.07, 6.45) is 9.33. The lowest BCUT2D eigenvalue weighted by Crippen LogP contribution is -2.35. The van der Waals surface area contributed by atoms with Gasteiger partial charge in [0.15, 0.2) is 0 Å². The molecule has 0 aliphatic carbocycles. The Kier molecular flexibility index (Phi) is 24.1. The van der Waals surface area contributed by atoms with Gasteiger partial charge in [-0.15, -0.1) is 0 Å². The summed E-state index contributed by atoms with van der Waals surface area (Å²) in [6, 6.07) is 7.83. The minimum atomic E-state index is -0.208. The van der Waals surface area contributed by atoms with Crippen LogP contribution in [0.2, 0.25) is 0 Å². The van der Waals surface area contributed by atoms with Crippen molar-refractivity contribution in [2.45, 2.75) is 88.6 Å². The molecule has 0 heterocycles. The highest BCUT2D eigenvalue weighted by molar-refractivity contribution is 5.94. The second kappa shape index (κ2) is 22.1. The van der Waals surface area contributed by atoms with Crippen LogP contribution in [-0.2, 0) is 16.1 Å². The summed E-state index contributed by atoms with van der Waals surface area (Å²) in [5.74, 6) is -0.236. The van der Waals surface area contributed by atoms with Crippen molar-refractivity contribution in [2.24, 2.45) is 5.92 Å². The Morgan fingerprint density at radius 2 is 1.55 bits per heavy atom. The summed E-state index contributed by atoms with van der Waals surface area (Å²) >= 11 is 0. The maximum atomic E-state index is 12.5. The van der Waals surface area contributed by atoms with Crippen molar-refractivity contribution in [3.8, 4) is 0 Å². The van der Waals surface area contributed by atoms with Crippen LogP contribution in [0.25, 0.3) is 0 Å². The SMILES string of the molecule is CC.CC.CC.CC/C=C\C=C/C(C)CC(=O)N(Cc1ccccc1C)C(C)=O. The van der Waals surface area contributed by atoms with Gasteiger partial charge in [-0.05, 0) is 30.4 Å². The van der Waals surface area contributed by atoms with E-state index in [1.165, 1.54) is 11.8 Å². The van der Waals surface area contributed by atoms with Gasteiger partial charge in [-0.25, -0.2) is 0 Å².